The maximum absolute atomic E-state index is 10.0. The maximum Gasteiger partial charge on any atom is 0.137 e. The Kier molecular flexibility index (Phi) is 5.49. The molecule has 0 aliphatic rings. The SMILES string of the molecule is CCc1c(Cl)ncnc1NCC(C)(O)CSC. The summed E-state index contributed by atoms with van der Waals surface area (Å²) in [5.41, 5.74) is 0.121. The van der Waals surface area contributed by atoms with Gasteiger partial charge in [-0.15, -0.1) is 0 Å². The van der Waals surface area contributed by atoms with Crippen molar-refractivity contribution in [1.29, 1.82) is 0 Å². The Morgan fingerprint density at radius 2 is 2.24 bits per heavy atom. The van der Waals surface area contributed by atoms with Crippen LogP contribution in [0.4, 0.5) is 5.82 Å². The van der Waals surface area contributed by atoms with Crippen LogP contribution in [0.15, 0.2) is 6.33 Å². The lowest BCUT2D eigenvalue weighted by molar-refractivity contribution is 0.0996. The van der Waals surface area contributed by atoms with Crippen LogP contribution in [0.25, 0.3) is 0 Å². The summed E-state index contributed by atoms with van der Waals surface area (Å²) in [6, 6.07) is 0. The standard InChI is InChI=1S/C11H18ClN3OS/c1-4-8-9(12)14-7-15-10(8)13-5-11(2,16)6-17-3/h7,16H,4-6H2,1-3H3,(H,13,14,15). The number of thioether (sulfide) groups is 1. The highest BCUT2D eigenvalue weighted by Gasteiger charge is 2.20. The number of aliphatic hydroxyl groups is 1. The molecule has 6 heteroatoms. The Morgan fingerprint density at radius 1 is 1.53 bits per heavy atom. The van der Waals surface area contributed by atoms with E-state index in [1.807, 2.05) is 13.2 Å². The number of rotatable bonds is 6. The zero-order valence-corrected chi connectivity index (χ0v) is 11.9. The average molecular weight is 276 g/mol. The van der Waals surface area contributed by atoms with Gasteiger partial charge in [-0.2, -0.15) is 11.8 Å². The molecule has 2 N–H and O–H groups in total. The topological polar surface area (TPSA) is 58.0 Å². The predicted molar refractivity (Wildman–Crippen MR) is 73.9 cm³/mol. The van der Waals surface area contributed by atoms with Crippen LogP contribution in [-0.4, -0.2) is 39.2 Å². The molecule has 1 aromatic rings. The molecular weight excluding hydrogens is 258 g/mol. The molecule has 4 nitrogen and oxygen atoms in total. The number of nitrogens with one attached hydrogen (secondary N) is 1. The molecule has 0 fully saturated rings. The Morgan fingerprint density at radius 3 is 2.82 bits per heavy atom. The van der Waals surface area contributed by atoms with E-state index in [1.54, 1.807) is 18.7 Å². The lowest BCUT2D eigenvalue weighted by atomic mass is 10.1. The van der Waals surface area contributed by atoms with Crippen LogP contribution in [-0.2, 0) is 6.42 Å². The molecule has 0 radical (unpaired) electrons. The van der Waals surface area contributed by atoms with E-state index in [4.69, 9.17) is 11.6 Å². The zero-order valence-electron chi connectivity index (χ0n) is 10.3. The molecule has 0 saturated heterocycles. The quantitative estimate of drug-likeness (QED) is 0.780. The molecule has 0 spiro atoms. The number of nitrogens with zero attached hydrogens (tertiary/aromatic N) is 2. The minimum absolute atomic E-state index is 0.439. The van der Waals surface area contributed by atoms with E-state index in [2.05, 4.69) is 15.3 Å². The van der Waals surface area contributed by atoms with E-state index < -0.39 is 5.60 Å². The molecule has 1 aromatic heterocycles. The van der Waals surface area contributed by atoms with Crippen molar-refractivity contribution in [1.82, 2.24) is 9.97 Å². The molecule has 0 amide bonds. The van der Waals surface area contributed by atoms with Crippen molar-refractivity contribution in [2.45, 2.75) is 25.9 Å². The molecule has 1 atom stereocenters. The van der Waals surface area contributed by atoms with Gasteiger partial charge in [-0.05, 0) is 19.6 Å². The molecule has 0 aliphatic carbocycles. The number of anilines is 1. The third-order valence-electron chi connectivity index (χ3n) is 2.34. The second-order valence-corrected chi connectivity index (χ2v) is 5.35. The molecule has 0 bridgehead atoms. The average Bonchev–Trinajstić information content (AvgIpc) is 2.26. The van der Waals surface area contributed by atoms with Gasteiger partial charge in [0.25, 0.3) is 0 Å². The second-order valence-electron chi connectivity index (χ2n) is 4.13. The lowest BCUT2D eigenvalue weighted by Gasteiger charge is -2.23. The first-order valence-corrected chi connectivity index (χ1v) is 7.22. The van der Waals surface area contributed by atoms with Crippen molar-refractivity contribution in [3.8, 4) is 0 Å². The summed E-state index contributed by atoms with van der Waals surface area (Å²) >= 11 is 7.59. The van der Waals surface area contributed by atoms with E-state index in [9.17, 15) is 5.11 Å². The van der Waals surface area contributed by atoms with Crippen molar-refractivity contribution >= 4 is 29.2 Å². The van der Waals surface area contributed by atoms with Crippen molar-refractivity contribution in [2.75, 3.05) is 23.9 Å². The van der Waals surface area contributed by atoms with Crippen molar-refractivity contribution in [3.05, 3.63) is 17.0 Å². The van der Waals surface area contributed by atoms with Crippen molar-refractivity contribution in [2.24, 2.45) is 0 Å². The monoisotopic (exact) mass is 275 g/mol. The fourth-order valence-electron chi connectivity index (χ4n) is 1.49. The van der Waals surface area contributed by atoms with Crippen LogP contribution in [0.2, 0.25) is 5.15 Å². The second kappa shape index (κ2) is 6.42. The third-order valence-corrected chi connectivity index (χ3v) is 3.57. The first-order chi connectivity index (χ1) is 8.00. The minimum atomic E-state index is -0.762. The normalized spacial score (nSPS) is 14.4. The summed E-state index contributed by atoms with van der Waals surface area (Å²) in [6.07, 6.45) is 4.15. The first-order valence-electron chi connectivity index (χ1n) is 5.44. The maximum atomic E-state index is 10.0. The van der Waals surface area contributed by atoms with E-state index in [0.717, 1.165) is 12.0 Å². The molecule has 0 aliphatic heterocycles. The van der Waals surface area contributed by atoms with Crippen LogP contribution in [0.5, 0.6) is 0 Å². The lowest BCUT2D eigenvalue weighted by Crippen LogP contribution is -2.36. The Balaban J connectivity index is 2.72. The van der Waals surface area contributed by atoms with E-state index in [-0.39, 0.29) is 0 Å². The molecule has 0 aromatic carbocycles. The Hall–Kier alpha value is -0.520. The smallest absolute Gasteiger partial charge is 0.137 e. The molecule has 1 heterocycles. The number of halogens is 1. The fraction of sp³-hybridized carbons (Fsp3) is 0.636. The van der Waals surface area contributed by atoms with Crippen LogP contribution < -0.4 is 5.32 Å². The predicted octanol–water partition coefficient (Wildman–Crippen LogP) is 2.22. The number of hydrogen-bond acceptors (Lipinski definition) is 5. The van der Waals surface area contributed by atoms with Gasteiger partial charge in [-0.3, -0.25) is 0 Å². The highest BCUT2D eigenvalue weighted by atomic mass is 35.5. The highest BCUT2D eigenvalue weighted by Crippen LogP contribution is 2.21. The van der Waals surface area contributed by atoms with Gasteiger partial charge in [-0.1, -0.05) is 18.5 Å². The molecule has 0 saturated carbocycles. The van der Waals surface area contributed by atoms with Crippen molar-refractivity contribution < 1.29 is 5.11 Å². The summed E-state index contributed by atoms with van der Waals surface area (Å²) in [6.45, 7) is 4.23. The van der Waals surface area contributed by atoms with E-state index in [1.165, 1.54) is 6.33 Å². The molecule has 17 heavy (non-hydrogen) atoms. The highest BCUT2D eigenvalue weighted by molar-refractivity contribution is 7.98. The van der Waals surface area contributed by atoms with E-state index >= 15 is 0 Å². The summed E-state index contributed by atoms with van der Waals surface area (Å²) in [4.78, 5) is 8.09. The van der Waals surface area contributed by atoms with Gasteiger partial charge in [0.2, 0.25) is 0 Å². The largest absolute Gasteiger partial charge is 0.387 e. The van der Waals surface area contributed by atoms with Crippen LogP contribution in [0, 0.1) is 0 Å². The summed E-state index contributed by atoms with van der Waals surface area (Å²) in [5.74, 6) is 1.37. The summed E-state index contributed by atoms with van der Waals surface area (Å²) in [5, 5.41) is 13.6. The Bertz CT molecular complexity index is 374. The first kappa shape index (κ1) is 14.5. The number of hydrogen-bond donors (Lipinski definition) is 2. The van der Waals surface area contributed by atoms with Gasteiger partial charge in [0.15, 0.2) is 0 Å². The summed E-state index contributed by atoms with van der Waals surface area (Å²) in [7, 11) is 0. The van der Waals surface area contributed by atoms with Gasteiger partial charge < -0.3 is 10.4 Å². The minimum Gasteiger partial charge on any atom is -0.387 e. The Labute approximate surface area is 111 Å². The van der Waals surface area contributed by atoms with Crippen LogP contribution >= 0.6 is 23.4 Å². The van der Waals surface area contributed by atoms with Gasteiger partial charge in [0, 0.05) is 17.9 Å². The molecular formula is C11H18ClN3OS. The van der Waals surface area contributed by atoms with Gasteiger partial charge in [0.1, 0.15) is 17.3 Å². The van der Waals surface area contributed by atoms with Gasteiger partial charge in [-0.25, -0.2) is 9.97 Å². The number of aromatic nitrogens is 2. The fourth-order valence-corrected chi connectivity index (χ4v) is 2.48. The zero-order chi connectivity index (χ0) is 12.9. The van der Waals surface area contributed by atoms with Crippen LogP contribution in [0.3, 0.4) is 0 Å². The molecule has 1 unspecified atom stereocenters. The molecule has 1 rings (SSSR count). The summed E-state index contributed by atoms with van der Waals surface area (Å²) < 4.78 is 0. The van der Waals surface area contributed by atoms with E-state index in [0.29, 0.717) is 23.3 Å². The third kappa shape index (κ3) is 4.33. The van der Waals surface area contributed by atoms with Gasteiger partial charge >= 0.3 is 0 Å². The van der Waals surface area contributed by atoms with Crippen LogP contribution in [0.1, 0.15) is 19.4 Å². The van der Waals surface area contributed by atoms with Gasteiger partial charge in [0.05, 0.1) is 5.60 Å². The molecule has 96 valence electrons. The van der Waals surface area contributed by atoms with Crippen molar-refractivity contribution in [3.63, 3.8) is 0 Å².